The summed E-state index contributed by atoms with van der Waals surface area (Å²) >= 11 is 0. The Bertz CT molecular complexity index is 684. The van der Waals surface area contributed by atoms with Crippen molar-refractivity contribution in [2.75, 3.05) is 18.0 Å². The van der Waals surface area contributed by atoms with Gasteiger partial charge in [-0.05, 0) is 36.2 Å². The fourth-order valence-electron chi connectivity index (χ4n) is 2.64. The second-order valence-corrected chi connectivity index (χ2v) is 5.22. The highest BCUT2D eigenvalue weighted by Gasteiger charge is 2.23. The number of benzene rings is 2. The van der Waals surface area contributed by atoms with Crippen LogP contribution in [0, 0.1) is 12.7 Å². The fraction of sp³-hybridized carbons (Fsp3) is 0.235. The van der Waals surface area contributed by atoms with Crippen molar-refractivity contribution in [2.45, 2.75) is 13.5 Å². The third-order valence-corrected chi connectivity index (χ3v) is 3.79. The lowest BCUT2D eigenvalue weighted by atomic mass is 10.1. The summed E-state index contributed by atoms with van der Waals surface area (Å²) in [7, 11) is 0. The second-order valence-electron chi connectivity index (χ2n) is 5.22. The van der Waals surface area contributed by atoms with Crippen LogP contribution in [0.3, 0.4) is 0 Å². The summed E-state index contributed by atoms with van der Waals surface area (Å²) in [6.45, 7) is 3.86. The van der Waals surface area contributed by atoms with E-state index in [0.717, 1.165) is 29.9 Å². The first-order valence-corrected chi connectivity index (χ1v) is 7.03. The van der Waals surface area contributed by atoms with E-state index < -0.39 is 0 Å². The number of carbonyl (C=O) groups excluding carboxylic acids is 1. The number of fused-ring (bicyclic) bond motifs is 1. The zero-order chi connectivity index (χ0) is 14.8. The number of amides is 1. The van der Waals surface area contributed by atoms with Crippen molar-refractivity contribution in [1.29, 1.82) is 0 Å². The first kappa shape index (κ1) is 13.8. The Morgan fingerprint density at radius 1 is 1.24 bits per heavy atom. The Labute approximate surface area is 123 Å². The number of carbonyl (C=O) groups is 1. The lowest BCUT2D eigenvalue weighted by Gasteiger charge is -2.23. The average Bonchev–Trinajstić information content (AvgIpc) is 2.71. The molecule has 0 fully saturated rings. The molecule has 0 radical (unpaired) electrons. The number of hydrogen-bond donors (Lipinski definition) is 1. The Kier molecular flexibility index (Phi) is 3.71. The Morgan fingerprint density at radius 2 is 2.05 bits per heavy atom. The summed E-state index contributed by atoms with van der Waals surface area (Å²) in [5.41, 5.74) is 3.19. The molecule has 108 valence electrons. The van der Waals surface area contributed by atoms with Gasteiger partial charge in [0.05, 0.1) is 0 Å². The van der Waals surface area contributed by atoms with Crippen LogP contribution in [-0.2, 0) is 6.54 Å². The number of rotatable bonds is 1. The van der Waals surface area contributed by atoms with Gasteiger partial charge in [0.25, 0.3) is 5.91 Å². The van der Waals surface area contributed by atoms with Gasteiger partial charge in [-0.2, -0.15) is 0 Å². The smallest absolute Gasteiger partial charge is 0.258 e. The summed E-state index contributed by atoms with van der Waals surface area (Å²) in [5, 5.41) is 3.30. The molecule has 0 bridgehead atoms. The summed E-state index contributed by atoms with van der Waals surface area (Å²) in [5.74, 6) is -0.534. The first-order chi connectivity index (χ1) is 10.2. The highest BCUT2D eigenvalue weighted by molar-refractivity contribution is 6.07. The molecule has 1 heterocycles. The molecule has 0 saturated heterocycles. The predicted molar refractivity (Wildman–Crippen MR) is 81.0 cm³/mol. The Balaban J connectivity index is 2.03. The molecule has 2 aromatic carbocycles. The van der Waals surface area contributed by atoms with Crippen LogP contribution in [0.5, 0.6) is 0 Å². The predicted octanol–water partition coefficient (Wildman–Crippen LogP) is 2.88. The minimum atomic E-state index is -0.384. The molecule has 4 heteroatoms. The molecular weight excluding hydrogens is 267 g/mol. The van der Waals surface area contributed by atoms with Gasteiger partial charge in [-0.1, -0.05) is 24.3 Å². The molecule has 3 nitrogen and oxygen atoms in total. The van der Waals surface area contributed by atoms with Gasteiger partial charge in [-0.3, -0.25) is 4.79 Å². The summed E-state index contributed by atoms with van der Waals surface area (Å²) in [6.07, 6.45) is 0. The fourth-order valence-corrected chi connectivity index (χ4v) is 2.64. The molecule has 0 saturated carbocycles. The van der Waals surface area contributed by atoms with Gasteiger partial charge in [0.15, 0.2) is 0 Å². The van der Waals surface area contributed by atoms with Gasteiger partial charge in [0.2, 0.25) is 0 Å². The third kappa shape index (κ3) is 2.67. The van der Waals surface area contributed by atoms with E-state index in [0.29, 0.717) is 12.1 Å². The van der Waals surface area contributed by atoms with E-state index in [1.807, 2.05) is 31.2 Å². The zero-order valence-corrected chi connectivity index (χ0v) is 11.9. The summed E-state index contributed by atoms with van der Waals surface area (Å²) < 4.78 is 13.5. The van der Waals surface area contributed by atoms with Gasteiger partial charge in [0, 0.05) is 30.9 Å². The van der Waals surface area contributed by atoms with Crippen molar-refractivity contribution >= 4 is 11.6 Å². The van der Waals surface area contributed by atoms with Crippen LogP contribution in [0.15, 0.2) is 42.5 Å². The van der Waals surface area contributed by atoms with Crippen molar-refractivity contribution in [3.05, 3.63) is 65.0 Å². The maximum Gasteiger partial charge on any atom is 0.258 e. The van der Waals surface area contributed by atoms with Crippen LogP contribution in [0.25, 0.3) is 0 Å². The molecule has 1 aliphatic heterocycles. The van der Waals surface area contributed by atoms with Crippen LogP contribution in [0.1, 0.15) is 21.5 Å². The minimum Gasteiger partial charge on any atom is -0.311 e. The maximum atomic E-state index is 13.5. The quantitative estimate of drug-likeness (QED) is 0.873. The average molecular weight is 284 g/mol. The monoisotopic (exact) mass is 284 g/mol. The van der Waals surface area contributed by atoms with Gasteiger partial charge in [-0.25, -0.2) is 4.39 Å². The third-order valence-electron chi connectivity index (χ3n) is 3.79. The van der Waals surface area contributed by atoms with Crippen molar-refractivity contribution in [3.8, 4) is 0 Å². The number of nitrogens with zero attached hydrogens (tertiary/aromatic N) is 1. The number of nitrogens with one attached hydrogen (secondary N) is 1. The minimum absolute atomic E-state index is 0.150. The molecule has 1 N–H and O–H groups in total. The van der Waals surface area contributed by atoms with Crippen LogP contribution >= 0.6 is 0 Å². The second kappa shape index (κ2) is 5.66. The molecule has 21 heavy (non-hydrogen) atoms. The van der Waals surface area contributed by atoms with E-state index in [4.69, 9.17) is 0 Å². The number of halogens is 1. The molecule has 0 atom stereocenters. The summed E-state index contributed by atoms with van der Waals surface area (Å²) in [4.78, 5) is 14.6. The lowest BCUT2D eigenvalue weighted by Crippen LogP contribution is -2.35. The van der Waals surface area contributed by atoms with Gasteiger partial charge in [-0.15, -0.1) is 0 Å². The largest absolute Gasteiger partial charge is 0.311 e. The van der Waals surface area contributed by atoms with Crippen LogP contribution in [-0.4, -0.2) is 19.0 Å². The molecule has 3 rings (SSSR count). The number of hydrogen-bond acceptors (Lipinski definition) is 2. The molecule has 0 unspecified atom stereocenters. The number of para-hydroxylation sites is 1. The molecule has 1 aliphatic rings. The highest BCUT2D eigenvalue weighted by Crippen LogP contribution is 2.25. The first-order valence-electron chi connectivity index (χ1n) is 7.03. The van der Waals surface area contributed by atoms with E-state index in [2.05, 4.69) is 5.32 Å². The number of aryl methyl sites for hydroxylation is 1. The zero-order valence-electron chi connectivity index (χ0n) is 11.9. The molecule has 0 aromatic heterocycles. The van der Waals surface area contributed by atoms with Crippen molar-refractivity contribution in [3.63, 3.8) is 0 Å². The molecular formula is C17H17FN2O. The molecule has 1 amide bonds. The van der Waals surface area contributed by atoms with Crippen LogP contribution in [0.2, 0.25) is 0 Å². The van der Waals surface area contributed by atoms with Crippen LogP contribution < -0.4 is 10.2 Å². The van der Waals surface area contributed by atoms with E-state index in [1.165, 1.54) is 12.1 Å². The molecule has 0 spiro atoms. The van der Waals surface area contributed by atoms with Crippen molar-refractivity contribution < 1.29 is 9.18 Å². The van der Waals surface area contributed by atoms with Gasteiger partial charge in [0.1, 0.15) is 5.82 Å². The number of anilines is 1. The molecule has 0 aliphatic carbocycles. The Hall–Kier alpha value is -2.20. The van der Waals surface area contributed by atoms with Crippen LogP contribution in [0.4, 0.5) is 10.1 Å². The van der Waals surface area contributed by atoms with Crippen molar-refractivity contribution in [1.82, 2.24) is 5.32 Å². The summed E-state index contributed by atoms with van der Waals surface area (Å²) in [6, 6.07) is 12.2. The highest BCUT2D eigenvalue weighted by atomic mass is 19.1. The van der Waals surface area contributed by atoms with Gasteiger partial charge >= 0.3 is 0 Å². The SMILES string of the molecule is Cc1ccc(F)cc1C(=O)N1CCNCc2ccccc21. The van der Waals surface area contributed by atoms with E-state index in [1.54, 1.807) is 11.0 Å². The normalized spacial score (nSPS) is 14.5. The lowest BCUT2D eigenvalue weighted by molar-refractivity contribution is 0.0986. The maximum absolute atomic E-state index is 13.5. The van der Waals surface area contributed by atoms with Crippen molar-refractivity contribution in [2.24, 2.45) is 0 Å². The standard InChI is InChI=1S/C17H17FN2O/c1-12-6-7-14(18)10-15(12)17(21)20-9-8-19-11-13-4-2-3-5-16(13)20/h2-7,10,19H,8-9,11H2,1H3. The van der Waals surface area contributed by atoms with Gasteiger partial charge < -0.3 is 10.2 Å². The van der Waals surface area contributed by atoms with E-state index in [-0.39, 0.29) is 11.7 Å². The van der Waals surface area contributed by atoms with E-state index in [9.17, 15) is 9.18 Å². The Morgan fingerprint density at radius 3 is 2.90 bits per heavy atom. The topological polar surface area (TPSA) is 32.3 Å². The van der Waals surface area contributed by atoms with E-state index >= 15 is 0 Å². The molecule has 2 aromatic rings.